The highest BCUT2D eigenvalue weighted by Crippen LogP contribution is 2.22. The highest BCUT2D eigenvalue weighted by Gasteiger charge is 2.34. The van der Waals surface area contributed by atoms with Gasteiger partial charge in [-0.25, -0.2) is 0 Å². The van der Waals surface area contributed by atoms with Crippen LogP contribution in [0, 0.1) is 5.92 Å². The van der Waals surface area contributed by atoms with E-state index in [1.165, 1.54) is 0 Å². The molecular formula is C19H20ClN3O2. The van der Waals surface area contributed by atoms with Gasteiger partial charge in [0.2, 0.25) is 11.8 Å². The van der Waals surface area contributed by atoms with Gasteiger partial charge in [0.25, 0.3) is 0 Å². The lowest BCUT2D eigenvalue weighted by Crippen LogP contribution is -2.34. The first kappa shape index (κ1) is 17.4. The molecule has 1 aromatic carbocycles. The molecule has 0 aliphatic carbocycles. The molecule has 1 aliphatic rings. The third-order valence-electron chi connectivity index (χ3n) is 4.35. The van der Waals surface area contributed by atoms with Crippen LogP contribution in [0.1, 0.15) is 30.6 Å². The molecule has 1 fully saturated rings. The van der Waals surface area contributed by atoms with Gasteiger partial charge in [0.1, 0.15) is 0 Å². The Kier molecular flexibility index (Phi) is 5.34. The predicted molar refractivity (Wildman–Crippen MR) is 95.8 cm³/mol. The van der Waals surface area contributed by atoms with Gasteiger partial charge >= 0.3 is 0 Å². The van der Waals surface area contributed by atoms with Crippen molar-refractivity contribution in [1.29, 1.82) is 0 Å². The van der Waals surface area contributed by atoms with E-state index in [4.69, 9.17) is 11.6 Å². The smallest absolute Gasteiger partial charge is 0.225 e. The second-order valence-electron chi connectivity index (χ2n) is 6.29. The number of nitrogens with one attached hydrogen (secondary N) is 1. The van der Waals surface area contributed by atoms with Crippen molar-refractivity contribution in [2.45, 2.75) is 25.9 Å². The average Bonchev–Trinajstić information content (AvgIpc) is 2.97. The second kappa shape index (κ2) is 7.66. The van der Waals surface area contributed by atoms with Gasteiger partial charge in [-0.2, -0.15) is 0 Å². The molecular weight excluding hydrogens is 338 g/mol. The van der Waals surface area contributed by atoms with E-state index in [0.717, 1.165) is 11.3 Å². The summed E-state index contributed by atoms with van der Waals surface area (Å²) in [4.78, 5) is 30.7. The molecule has 1 N–H and O–H groups in total. The van der Waals surface area contributed by atoms with Crippen molar-refractivity contribution < 1.29 is 9.59 Å². The summed E-state index contributed by atoms with van der Waals surface area (Å²) in [6, 6.07) is 13.1. The topological polar surface area (TPSA) is 62.3 Å². The normalized spacial score (nSPS) is 18.2. The van der Waals surface area contributed by atoms with Gasteiger partial charge in [-0.1, -0.05) is 41.9 Å². The van der Waals surface area contributed by atoms with Gasteiger partial charge in [-0.05, 0) is 24.6 Å². The fourth-order valence-corrected chi connectivity index (χ4v) is 3.06. The van der Waals surface area contributed by atoms with Crippen molar-refractivity contribution >= 4 is 23.4 Å². The molecule has 1 saturated heterocycles. The molecule has 5 nitrogen and oxygen atoms in total. The van der Waals surface area contributed by atoms with Crippen LogP contribution in [0.4, 0.5) is 0 Å². The van der Waals surface area contributed by atoms with Crippen molar-refractivity contribution in [3.63, 3.8) is 0 Å². The fraction of sp³-hybridized carbons (Fsp3) is 0.316. The lowest BCUT2D eigenvalue weighted by Gasteiger charge is -2.18. The molecule has 1 aromatic heterocycles. The van der Waals surface area contributed by atoms with Gasteiger partial charge in [-0.3, -0.25) is 14.6 Å². The first-order valence-electron chi connectivity index (χ1n) is 8.26. The first-order chi connectivity index (χ1) is 12.0. The second-order valence-corrected chi connectivity index (χ2v) is 6.73. The van der Waals surface area contributed by atoms with E-state index in [1.54, 1.807) is 23.2 Å². The molecule has 1 unspecified atom stereocenters. The molecule has 2 heterocycles. The maximum atomic E-state index is 12.5. The lowest BCUT2D eigenvalue weighted by atomic mass is 10.1. The number of halogens is 1. The van der Waals surface area contributed by atoms with E-state index in [-0.39, 0.29) is 30.2 Å². The van der Waals surface area contributed by atoms with E-state index < -0.39 is 0 Å². The van der Waals surface area contributed by atoms with Crippen LogP contribution in [-0.4, -0.2) is 28.2 Å². The Morgan fingerprint density at radius 2 is 2.08 bits per heavy atom. The predicted octanol–water partition coefficient (Wildman–Crippen LogP) is 2.96. The molecule has 0 radical (unpaired) electrons. The van der Waals surface area contributed by atoms with Crippen LogP contribution >= 0.6 is 11.6 Å². The summed E-state index contributed by atoms with van der Waals surface area (Å²) in [5.41, 5.74) is 1.80. The fourth-order valence-electron chi connectivity index (χ4n) is 2.95. The summed E-state index contributed by atoms with van der Waals surface area (Å²) in [5.74, 6) is -0.430. The van der Waals surface area contributed by atoms with Crippen LogP contribution < -0.4 is 5.32 Å². The minimum atomic E-state index is -0.328. The standard InChI is InChI=1S/C19H20ClN3O2/c1-13(17-8-7-16(20)10-21-17)22-19(25)15-9-18(24)23(12-15)11-14-5-3-2-4-6-14/h2-8,10,13,15H,9,11-12H2,1H3,(H,22,25)/t13-,15?/m1/s1. The maximum Gasteiger partial charge on any atom is 0.225 e. The van der Waals surface area contributed by atoms with Crippen LogP contribution in [0.15, 0.2) is 48.7 Å². The minimum Gasteiger partial charge on any atom is -0.348 e. The molecule has 0 saturated carbocycles. The molecule has 0 bridgehead atoms. The molecule has 0 spiro atoms. The zero-order valence-corrected chi connectivity index (χ0v) is 14.7. The molecule has 2 amide bonds. The highest BCUT2D eigenvalue weighted by atomic mass is 35.5. The van der Waals surface area contributed by atoms with E-state index in [0.29, 0.717) is 18.1 Å². The minimum absolute atomic E-state index is 0.0151. The number of pyridine rings is 1. The number of rotatable bonds is 5. The van der Waals surface area contributed by atoms with Gasteiger partial charge in [-0.15, -0.1) is 0 Å². The van der Waals surface area contributed by atoms with E-state index >= 15 is 0 Å². The molecule has 1 aliphatic heterocycles. The Balaban J connectivity index is 1.58. The largest absolute Gasteiger partial charge is 0.348 e. The number of likely N-dealkylation sites (tertiary alicyclic amines) is 1. The Bertz CT molecular complexity index is 749. The number of carbonyl (C=O) groups is 2. The van der Waals surface area contributed by atoms with Gasteiger partial charge < -0.3 is 10.2 Å². The van der Waals surface area contributed by atoms with Crippen molar-refractivity contribution in [3.05, 3.63) is 64.9 Å². The number of amides is 2. The summed E-state index contributed by atoms with van der Waals surface area (Å²) >= 11 is 5.83. The Morgan fingerprint density at radius 3 is 2.76 bits per heavy atom. The summed E-state index contributed by atoms with van der Waals surface area (Å²) in [5, 5.41) is 3.49. The van der Waals surface area contributed by atoms with Gasteiger partial charge in [0.15, 0.2) is 0 Å². The number of carbonyl (C=O) groups excluding carboxylic acids is 2. The Labute approximate surface area is 152 Å². The number of aromatic nitrogens is 1. The lowest BCUT2D eigenvalue weighted by molar-refractivity contribution is -0.129. The van der Waals surface area contributed by atoms with Crippen LogP contribution in [-0.2, 0) is 16.1 Å². The highest BCUT2D eigenvalue weighted by molar-refractivity contribution is 6.30. The zero-order valence-electron chi connectivity index (χ0n) is 14.0. The van der Waals surface area contributed by atoms with Crippen LogP contribution in [0.25, 0.3) is 0 Å². The van der Waals surface area contributed by atoms with Crippen molar-refractivity contribution in [1.82, 2.24) is 15.2 Å². The number of nitrogens with zero attached hydrogens (tertiary/aromatic N) is 2. The SMILES string of the molecule is C[C@@H](NC(=O)C1CC(=O)N(Cc2ccccc2)C1)c1ccc(Cl)cn1. The summed E-state index contributed by atoms with van der Waals surface area (Å²) in [6.07, 6.45) is 1.81. The third-order valence-corrected chi connectivity index (χ3v) is 4.58. The monoisotopic (exact) mass is 357 g/mol. The van der Waals surface area contributed by atoms with E-state index in [1.807, 2.05) is 37.3 Å². The van der Waals surface area contributed by atoms with Crippen molar-refractivity contribution in [2.24, 2.45) is 5.92 Å². The van der Waals surface area contributed by atoms with Crippen LogP contribution in [0.2, 0.25) is 5.02 Å². The molecule has 2 atom stereocenters. The molecule has 130 valence electrons. The number of benzene rings is 1. The number of hydrogen-bond acceptors (Lipinski definition) is 3. The van der Waals surface area contributed by atoms with Crippen molar-refractivity contribution in [2.75, 3.05) is 6.54 Å². The quantitative estimate of drug-likeness (QED) is 0.894. The molecule has 25 heavy (non-hydrogen) atoms. The summed E-state index contributed by atoms with van der Waals surface area (Å²) < 4.78 is 0. The maximum absolute atomic E-state index is 12.5. The van der Waals surface area contributed by atoms with Crippen LogP contribution in [0.3, 0.4) is 0 Å². The van der Waals surface area contributed by atoms with Gasteiger partial charge in [0.05, 0.1) is 22.7 Å². The van der Waals surface area contributed by atoms with E-state index in [2.05, 4.69) is 10.3 Å². The van der Waals surface area contributed by atoms with E-state index in [9.17, 15) is 9.59 Å². The van der Waals surface area contributed by atoms with Crippen LogP contribution in [0.5, 0.6) is 0 Å². The Hall–Kier alpha value is -2.40. The Morgan fingerprint density at radius 1 is 1.32 bits per heavy atom. The average molecular weight is 358 g/mol. The third kappa shape index (κ3) is 4.37. The number of hydrogen-bond donors (Lipinski definition) is 1. The summed E-state index contributed by atoms with van der Waals surface area (Å²) in [6.45, 7) is 2.85. The van der Waals surface area contributed by atoms with Gasteiger partial charge in [0, 0.05) is 25.7 Å². The molecule has 2 aromatic rings. The first-order valence-corrected chi connectivity index (χ1v) is 8.64. The molecule has 3 rings (SSSR count). The zero-order chi connectivity index (χ0) is 17.8. The molecule has 6 heteroatoms. The van der Waals surface area contributed by atoms with Crippen molar-refractivity contribution in [3.8, 4) is 0 Å². The summed E-state index contributed by atoms with van der Waals surface area (Å²) in [7, 11) is 0.